The van der Waals surface area contributed by atoms with E-state index in [1.807, 2.05) is 0 Å². The number of benzene rings is 1. The topological polar surface area (TPSA) is 135 Å². The number of ketones is 1. The summed E-state index contributed by atoms with van der Waals surface area (Å²) in [5.74, 6) is -1.21. The monoisotopic (exact) mass is 433 g/mol. The summed E-state index contributed by atoms with van der Waals surface area (Å²) < 4.78 is 42.5. The van der Waals surface area contributed by atoms with Gasteiger partial charge in [-0.15, -0.1) is 0 Å². The second-order valence-electron chi connectivity index (χ2n) is 7.79. The number of ether oxygens (including phenoxy) is 3. The minimum atomic E-state index is -1.09. The molecule has 31 heavy (non-hydrogen) atoms. The number of aromatic nitrogens is 2. The highest BCUT2D eigenvalue weighted by Crippen LogP contribution is 2.43. The van der Waals surface area contributed by atoms with Gasteiger partial charge in [0.1, 0.15) is 11.5 Å². The largest absolute Gasteiger partial charge is 0.454 e. The van der Waals surface area contributed by atoms with Crippen LogP contribution in [0.15, 0.2) is 29.4 Å². The summed E-state index contributed by atoms with van der Waals surface area (Å²) in [6.45, 7) is 1.36. The van der Waals surface area contributed by atoms with Crippen molar-refractivity contribution in [3.8, 4) is 5.88 Å². The highest BCUT2D eigenvalue weighted by atomic mass is 19.1. The minimum Gasteiger partial charge on any atom is -0.454 e. The normalized spacial score (nSPS) is 21.7. The van der Waals surface area contributed by atoms with Crippen LogP contribution < -0.4 is 16.2 Å². The molecule has 0 amide bonds. The third-order valence-electron chi connectivity index (χ3n) is 5.29. The fourth-order valence-corrected chi connectivity index (χ4v) is 3.93. The molecule has 3 heterocycles. The van der Waals surface area contributed by atoms with Gasteiger partial charge in [-0.2, -0.15) is 4.98 Å². The molecular formula is C20H21F2N5O4. The van der Waals surface area contributed by atoms with E-state index in [0.29, 0.717) is 30.8 Å². The highest BCUT2D eigenvalue weighted by molar-refractivity contribution is 5.99. The van der Waals surface area contributed by atoms with Gasteiger partial charge in [0.2, 0.25) is 12.7 Å². The number of alkyl halides is 1. The summed E-state index contributed by atoms with van der Waals surface area (Å²) >= 11 is 0. The van der Waals surface area contributed by atoms with Crippen molar-refractivity contribution in [2.24, 2.45) is 10.7 Å². The zero-order valence-electron chi connectivity index (χ0n) is 16.7. The summed E-state index contributed by atoms with van der Waals surface area (Å²) in [6.07, 6.45) is 1.39. The average molecular weight is 433 g/mol. The Bertz CT molecular complexity index is 1060. The molecule has 0 radical (unpaired) electrons. The third-order valence-corrected chi connectivity index (χ3v) is 5.29. The third kappa shape index (κ3) is 4.00. The maximum Gasteiger partial charge on any atom is 0.283 e. The van der Waals surface area contributed by atoms with Gasteiger partial charge >= 0.3 is 0 Å². The molecule has 0 aliphatic carbocycles. The Balaban J connectivity index is 1.60. The Hall–Kier alpha value is -3.34. The zero-order valence-corrected chi connectivity index (χ0v) is 16.7. The molecular weight excluding hydrogens is 412 g/mol. The van der Waals surface area contributed by atoms with Gasteiger partial charge < -0.3 is 25.7 Å². The first kappa shape index (κ1) is 20.9. The van der Waals surface area contributed by atoms with E-state index in [1.165, 1.54) is 12.1 Å². The number of hydrogen-bond donors (Lipinski definition) is 2. The predicted octanol–water partition coefficient (Wildman–Crippen LogP) is 1.65. The number of rotatable bonds is 6. The number of Topliss-reactive ketones (excluding diaryl/α,β-unsaturated/α-hetero) is 1. The fraction of sp³-hybridized carbons (Fsp3) is 0.400. The van der Waals surface area contributed by atoms with Crippen molar-refractivity contribution in [3.05, 3.63) is 47.0 Å². The standard InChI is InChI=1S/C20H21F2N5O4/c1-19(7-20(8-29-9-20)31-18(24)27-19)12-4-11(2-3-13(12)22)5-14(28)16-17(23)26-15(6-25-16)30-10-21/h2-4,6H,5,7-10H2,1H3,(H2,23,26)(H2,24,27)/t19-/m0/s1. The number of carbonyl (C=O) groups excluding carboxylic acids is 1. The van der Waals surface area contributed by atoms with Crippen LogP contribution >= 0.6 is 0 Å². The van der Waals surface area contributed by atoms with Gasteiger partial charge in [-0.25, -0.2) is 18.8 Å². The summed E-state index contributed by atoms with van der Waals surface area (Å²) in [6, 6.07) is 4.32. The number of nitrogens with zero attached hydrogens (tertiary/aromatic N) is 3. The summed E-state index contributed by atoms with van der Waals surface area (Å²) in [4.78, 5) is 24.7. The highest BCUT2D eigenvalue weighted by Gasteiger charge is 2.51. The number of hydrogen-bond acceptors (Lipinski definition) is 9. The predicted molar refractivity (Wildman–Crippen MR) is 106 cm³/mol. The molecule has 2 aliphatic rings. The molecule has 11 heteroatoms. The molecule has 1 spiro atoms. The van der Waals surface area contributed by atoms with E-state index in [0.717, 1.165) is 6.20 Å². The average Bonchev–Trinajstić information content (AvgIpc) is 2.68. The lowest BCUT2D eigenvalue weighted by atomic mass is 9.78. The van der Waals surface area contributed by atoms with Crippen LogP contribution in [0.4, 0.5) is 14.6 Å². The number of amidine groups is 1. The molecule has 4 N–H and O–H groups in total. The maximum absolute atomic E-state index is 14.8. The van der Waals surface area contributed by atoms with Gasteiger partial charge in [-0.05, 0) is 24.6 Å². The van der Waals surface area contributed by atoms with Gasteiger partial charge in [-0.3, -0.25) is 4.79 Å². The first-order valence-corrected chi connectivity index (χ1v) is 9.49. The summed E-state index contributed by atoms with van der Waals surface area (Å²) in [7, 11) is 0. The molecule has 2 aromatic rings. The SMILES string of the molecule is C[C@@]1(c2cc(CC(=O)c3ncc(OCF)nc3N)ccc2F)CC2(COC2)OC(N)=N1. The Labute approximate surface area is 176 Å². The molecule has 0 bridgehead atoms. The molecule has 1 fully saturated rings. The second kappa shape index (κ2) is 7.73. The van der Waals surface area contributed by atoms with E-state index in [-0.39, 0.29) is 29.8 Å². The molecule has 1 aromatic carbocycles. The lowest BCUT2D eigenvalue weighted by molar-refractivity contribution is -0.187. The van der Waals surface area contributed by atoms with Crippen molar-refractivity contribution in [2.75, 3.05) is 25.8 Å². The van der Waals surface area contributed by atoms with Crippen LogP contribution in [-0.4, -0.2) is 47.4 Å². The number of aliphatic imine (C=N–C) groups is 1. The van der Waals surface area contributed by atoms with Crippen molar-refractivity contribution in [1.82, 2.24) is 9.97 Å². The van der Waals surface area contributed by atoms with Crippen LogP contribution in [0.5, 0.6) is 5.88 Å². The number of anilines is 1. The van der Waals surface area contributed by atoms with Gasteiger partial charge in [0.25, 0.3) is 6.02 Å². The molecule has 0 saturated carbocycles. The van der Waals surface area contributed by atoms with Gasteiger partial charge in [0.15, 0.2) is 17.2 Å². The Morgan fingerprint density at radius 2 is 2.10 bits per heavy atom. The molecule has 1 saturated heterocycles. The van der Waals surface area contributed by atoms with Crippen LogP contribution in [0.1, 0.15) is 35.0 Å². The van der Waals surface area contributed by atoms with E-state index in [1.54, 1.807) is 13.0 Å². The van der Waals surface area contributed by atoms with E-state index in [2.05, 4.69) is 19.7 Å². The minimum absolute atomic E-state index is 0.0310. The smallest absolute Gasteiger partial charge is 0.283 e. The van der Waals surface area contributed by atoms with Crippen molar-refractivity contribution in [2.45, 2.75) is 30.9 Å². The van der Waals surface area contributed by atoms with Gasteiger partial charge in [0.05, 0.1) is 24.9 Å². The van der Waals surface area contributed by atoms with Crippen LogP contribution in [0.2, 0.25) is 0 Å². The Kier molecular flexibility index (Phi) is 5.21. The molecule has 0 unspecified atom stereocenters. The number of nitrogens with two attached hydrogens (primary N) is 2. The van der Waals surface area contributed by atoms with E-state index < -0.39 is 29.6 Å². The van der Waals surface area contributed by atoms with Gasteiger partial charge in [-0.1, -0.05) is 6.07 Å². The lowest BCUT2D eigenvalue weighted by Crippen LogP contribution is -2.59. The zero-order chi connectivity index (χ0) is 22.2. The number of halogens is 2. The number of nitrogen functional groups attached to an aromatic ring is 1. The second-order valence-corrected chi connectivity index (χ2v) is 7.79. The Morgan fingerprint density at radius 3 is 2.74 bits per heavy atom. The Morgan fingerprint density at radius 1 is 1.32 bits per heavy atom. The van der Waals surface area contributed by atoms with E-state index in [9.17, 15) is 13.6 Å². The molecule has 1 atom stereocenters. The van der Waals surface area contributed by atoms with Crippen molar-refractivity contribution >= 4 is 17.6 Å². The molecule has 164 valence electrons. The first-order chi connectivity index (χ1) is 14.7. The van der Waals surface area contributed by atoms with Crippen molar-refractivity contribution < 1.29 is 27.8 Å². The van der Waals surface area contributed by atoms with Crippen LogP contribution in [0.3, 0.4) is 0 Å². The maximum atomic E-state index is 14.8. The van der Waals surface area contributed by atoms with Crippen LogP contribution in [0, 0.1) is 5.82 Å². The lowest BCUT2D eigenvalue weighted by Gasteiger charge is -2.48. The van der Waals surface area contributed by atoms with Gasteiger partial charge in [0, 0.05) is 18.4 Å². The molecule has 1 aromatic heterocycles. The first-order valence-electron chi connectivity index (χ1n) is 9.49. The molecule has 2 aliphatic heterocycles. The quantitative estimate of drug-likeness (QED) is 0.657. The van der Waals surface area contributed by atoms with Crippen molar-refractivity contribution in [1.29, 1.82) is 0 Å². The molecule has 9 nitrogen and oxygen atoms in total. The van der Waals surface area contributed by atoms with Crippen molar-refractivity contribution in [3.63, 3.8) is 0 Å². The molecule has 4 rings (SSSR count). The van der Waals surface area contributed by atoms with Crippen LogP contribution in [0.25, 0.3) is 0 Å². The summed E-state index contributed by atoms with van der Waals surface area (Å²) in [5.41, 5.74) is 10.7. The fourth-order valence-electron chi connectivity index (χ4n) is 3.93. The summed E-state index contributed by atoms with van der Waals surface area (Å²) in [5, 5.41) is 0. The van der Waals surface area contributed by atoms with E-state index in [4.69, 9.17) is 20.9 Å². The number of carbonyl (C=O) groups is 1. The van der Waals surface area contributed by atoms with E-state index >= 15 is 0 Å². The van der Waals surface area contributed by atoms with Crippen LogP contribution in [-0.2, 0) is 21.4 Å².